The first kappa shape index (κ1) is 18.5. The number of hydrogen-bond acceptors (Lipinski definition) is 3. The Morgan fingerprint density at radius 2 is 1.71 bits per heavy atom. The molecule has 0 unspecified atom stereocenters. The zero-order valence-electron chi connectivity index (χ0n) is 15.2. The number of benzene rings is 1. The van der Waals surface area contributed by atoms with E-state index in [1.165, 1.54) is 6.92 Å². The third-order valence-electron chi connectivity index (χ3n) is 4.65. The lowest BCUT2D eigenvalue weighted by atomic mass is 9.76. The molecule has 5 heteroatoms. The molecule has 128 valence electrons. The van der Waals surface area contributed by atoms with Crippen molar-refractivity contribution in [2.45, 2.75) is 45.8 Å². The highest BCUT2D eigenvalue weighted by molar-refractivity contribution is 6.56. The van der Waals surface area contributed by atoms with Crippen LogP contribution in [0.5, 0.6) is 0 Å². The Hall–Kier alpha value is -1.85. The summed E-state index contributed by atoms with van der Waals surface area (Å²) in [6, 6.07) is 7.95. The second-order valence-electron chi connectivity index (χ2n) is 7.05. The highest BCUT2D eigenvalue weighted by Gasteiger charge is 2.52. The zero-order valence-corrected chi connectivity index (χ0v) is 15.2. The van der Waals surface area contributed by atoms with E-state index in [-0.39, 0.29) is 5.91 Å². The molecule has 1 heterocycles. The number of nitrogens with one attached hydrogen (secondary N) is 1. The van der Waals surface area contributed by atoms with Crippen LogP contribution in [0.2, 0.25) is 0 Å². The Morgan fingerprint density at radius 3 is 2.21 bits per heavy atom. The third-order valence-corrected chi connectivity index (χ3v) is 4.65. The average molecular weight is 327 g/mol. The molecule has 1 aromatic rings. The van der Waals surface area contributed by atoms with Crippen LogP contribution < -0.4 is 5.32 Å². The Morgan fingerprint density at radius 1 is 1.17 bits per heavy atom. The van der Waals surface area contributed by atoms with E-state index in [1.54, 1.807) is 0 Å². The molecule has 0 aromatic heterocycles. The molecular formula is C19H26BNO3. The van der Waals surface area contributed by atoms with Gasteiger partial charge in [-0.2, -0.15) is 0 Å². The van der Waals surface area contributed by atoms with Crippen LogP contribution in [-0.2, 0) is 14.1 Å². The molecule has 0 spiro atoms. The molecule has 1 aromatic carbocycles. The van der Waals surface area contributed by atoms with E-state index in [0.29, 0.717) is 6.54 Å². The maximum absolute atomic E-state index is 11.4. The molecule has 1 fully saturated rings. The van der Waals surface area contributed by atoms with Gasteiger partial charge in [0.2, 0.25) is 5.91 Å². The molecule has 0 atom stereocenters. The third kappa shape index (κ3) is 3.97. The fourth-order valence-electron chi connectivity index (χ4n) is 2.45. The van der Waals surface area contributed by atoms with E-state index in [0.717, 1.165) is 16.6 Å². The predicted octanol–water partition coefficient (Wildman–Crippen LogP) is 3.48. The van der Waals surface area contributed by atoms with Gasteiger partial charge in [-0.05, 0) is 44.3 Å². The van der Waals surface area contributed by atoms with Crippen LogP contribution in [-0.4, -0.2) is 30.8 Å². The van der Waals surface area contributed by atoms with Gasteiger partial charge in [0.05, 0.1) is 11.2 Å². The molecular weight excluding hydrogens is 301 g/mol. The zero-order chi connectivity index (χ0) is 18.0. The SMILES string of the molecule is C=Cc1ccccc1C=C(CNC(C)=O)B1OC(C)(C)C(C)(C)O1. The lowest BCUT2D eigenvalue weighted by Crippen LogP contribution is -2.41. The van der Waals surface area contributed by atoms with Gasteiger partial charge in [0.15, 0.2) is 0 Å². The molecule has 0 radical (unpaired) electrons. The van der Waals surface area contributed by atoms with E-state index >= 15 is 0 Å². The molecule has 1 N–H and O–H groups in total. The summed E-state index contributed by atoms with van der Waals surface area (Å²) in [5.41, 5.74) is 2.06. The summed E-state index contributed by atoms with van der Waals surface area (Å²) in [6.45, 7) is 13.8. The Labute approximate surface area is 145 Å². The van der Waals surface area contributed by atoms with Crippen LogP contribution >= 0.6 is 0 Å². The lowest BCUT2D eigenvalue weighted by Gasteiger charge is -2.32. The highest BCUT2D eigenvalue weighted by Crippen LogP contribution is 2.38. The fraction of sp³-hybridized carbons (Fsp3) is 0.421. The van der Waals surface area contributed by atoms with E-state index in [4.69, 9.17) is 9.31 Å². The van der Waals surface area contributed by atoms with Crippen molar-refractivity contribution in [3.8, 4) is 0 Å². The summed E-state index contributed by atoms with van der Waals surface area (Å²) in [7, 11) is -0.500. The topological polar surface area (TPSA) is 47.6 Å². The smallest absolute Gasteiger partial charge is 0.400 e. The van der Waals surface area contributed by atoms with Crippen molar-refractivity contribution in [3.05, 3.63) is 47.4 Å². The van der Waals surface area contributed by atoms with Gasteiger partial charge >= 0.3 is 7.12 Å². The first-order chi connectivity index (χ1) is 11.2. The maximum atomic E-state index is 11.4. The fourth-order valence-corrected chi connectivity index (χ4v) is 2.45. The first-order valence-electron chi connectivity index (χ1n) is 8.18. The molecule has 4 nitrogen and oxygen atoms in total. The van der Waals surface area contributed by atoms with Crippen molar-refractivity contribution in [3.63, 3.8) is 0 Å². The van der Waals surface area contributed by atoms with E-state index in [1.807, 2.05) is 64.1 Å². The van der Waals surface area contributed by atoms with E-state index < -0.39 is 18.3 Å². The van der Waals surface area contributed by atoms with Crippen molar-refractivity contribution in [1.82, 2.24) is 5.32 Å². The molecule has 0 bridgehead atoms. The van der Waals surface area contributed by atoms with Crippen LogP contribution in [0.25, 0.3) is 12.2 Å². The van der Waals surface area contributed by atoms with Gasteiger partial charge < -0.3 is 14.6 Å². The predicted molar refractivity (Wildman–Crippen MR) is 99.3 cm³/mol. The molecule has 1 aliphatic heterocycles. The Bertz CT molecular complexity index is 648. The molecule has 24 heavy (non-hydrogen) atoms. The van der Waals surface area contributed by atoms with Crippen molar-refractivity contribution < 1.29 is 14.1 Å². The monoisotopic (exact) mass is 327 g/mol. The van der Waals surface area contributed by atoms with Gasteiger partial charge in [-0.25, -0.2) is 0 Å². The summed E-state index contributed by atoms with van der Waals surface area (Å²) in [4.78, 5) is 11.4. The molecule has 0 aliphatic carbocycles. The minimum atomic E-state index is -0.500. The minimum Gasteiger partial charge on any atom is -0.400 e. The summed E-state index contributed by atoms with van der Waals surface area (Å²) in [5.74, 6) is -0.0885. The number of rotatable bonds is 5. The average Bonchev–Trinajstić information content (AvgIpc) is 2.71. The summed E-state index contributed by atoms with van der Waals surface area (Å²) < 4.78 is 12.3. The quantitative estimate of drug-likeness (QED) is 0.842. The van der Waals surface area contributed by atoms with Crippen LogP contribution in [0.3, 0.4) is 0 Å². The standard InChI is InChI=1S/C19H26BNO3/c1-7-15-10-8-9-11-16(15)12-17(13-21-14(2)22)20-23-18(3,4)19(5,6)24-20/h7-12H,1,13H2,2-6H3,(H,21,22). The van der Waals surface area contributed by atoms with Gasteiger partial charge in [-0.3, -0.25) is 4.79 Å². The van der Waals surface area contributed by atoms with Gasteiger partial charge in [-0.1, -0.05) is 43.0 Å². The van der Waals surface area contributed by atoms with Crippen LogP contribution in [0.1, 0.15) is 45.7 Å². The van der Waals surface area contributed by atoms with Crippen LogP contribution in [0.15, 0.2) is 36.3 Å². The van der Waals surface area contributed by atoms with Crippen molar-refractivity contribution in [2.24, 2.45) is 0 Å². The van der Waals surface area contributed by atoms with E-state index in [2.05, 4.69) is 11.9 Å². The van der Waals surface area contributed by atoms with Crippen molar-refractivity contribution in [1.29, 1.82) is 0 Å². The normalized spacial score (nSPS) is 19.2. The Balaban J connectivity index is 2.37. The number of amides is 1. The van der Waals surface area contributed by atoms with Gasteiger partial charge in [-0.15, -0.1) is 0 Å². The van der Waals surface area contributed by atoms with Crippen molar-refractivity contribution in [2.75, 3.05) is 6.54 Å². The first-order valence-corrected chi connectivity index (χ1v) is 8.18. The number of carbonyl (C=O) groups is 1. The van der Waals surface area contributed by atoms with Crippen LogP contribution in [0.4, 0.5) is 0 Å². The lowest BCUT2D eigenvalue weighted by molar-refractivity contribution is -0.118. The second-order valence-corrected chi connectivity index (χ2v) is 7.05. The molecule has 2 rings (SSSR count). The summed E-state index contributed by atoms with van der Waals surface area (Å²) >= 11 is 0. The van der Waals surface area contributed by atoms with Crippen LogP contribution in [0, 0.1) is 0 Å². The van der Waals surface area contributed by atoms with Crippen molar-refractivity contribution >= 4 is 25.2 Å². The minimum absolute atomic E-state index is 0.0885. The number of hydrogen-bond donors (Lipinski definition) is 1. The molecule has 1 saturated heterocycles. The van der Waals surface area contributed by atoms with Gasteiger partial charge in [0.1, 0.15) is 0 Å². The van der Waals surface area contributed by atoms with E-state index in [9.17, 15) is 4.79 Å². The molecule has 0 saturated carbocycles. The summed E-state index contributed by atoms with van der Waals surface area (Å²) in [6.07, 6.45) is 3.82. The number of carbonyl (C=O) groups excluding carboxylic acids is 1. The summed E-state index contributed by atoms with van der Waals surface area (Å²) in [5, 5.41) is 2.84. The molecule has 1 amide bonds. The molecule has 1 aliphatic rings. The highest BCUT2D eigenvalue weighted by atomic mass is 16.7. The largest absolute Gasteiger partial charge is 0.492 e. The Kier molecular flexibility index (Phi) is 5.36. The van der Waals surface area contributed by atoms with Gasteiger partial charge in [0, 0.05) is 13.5 Å². The second kappa shape index (κ2) is 6.95. The van der Waals surface area contributed by atoms with Gasteiger partial charge in [0.25, 0.3) is 0 Å². The maximum Gasteiger partial charge on any atom is 0.492 e.